The van der Waals surface area contributed by atoms with Gasteiger partial charge in [0.15, 0.2) is 0 Å². The van der Waals surface area contributed by atoms with Gasteiger partial charge >= 0.3 is 0 Å². The minimum atomic E-state index is -0.0763. The SMILES string of the molecule is O=C1Nc2ccc(CCCl)cc2C1=Cc1ccc(Cl)s1. The largest absolute Gasteiger partial charge is 0.321 e. The van der Waals surface area contributed by atoms with E-state index in [2.05, 4.69) is 5.32 Å². The zero-order valence-corrected chi connectivity index (χ0v) is 12.8. The van der Waals surface area contributed by atoms with Crippen LogP contribution >= 0.6 is 34.5 Å². The topological polar surface area (TPSA) is 29.1 Å². The van der Waals surface area contributed by atoms with Crippen molar-refractivity contribution in [3.63, 3.8) is 0 Å². The summed E-state index contributed by atoms with van der Waals surface area (Å²) in [6.07, 6.45) is 2.67. The lowest BCUT2D eigenvalue weighted by atomic mass is 10.0. The van der Waals surface area contributed by atoms with Crippen molar-refractivity contribution in [3.8, 4) is 0 Å². The lowest BCUT2D eigenvalue weighted by Gasteiger charge is -2.02. The second kappa shape index (κ2) is 5.60. The van der Waals surface area contributed by atoms with Crippen LogP contribution in [0.3, 0.4) is 0 Å². The fourth-order valence-corrected chi connectivity index (χ4v) is 3.41. The van der Waals surface area contributed by atoms with Crippen LogP contribution in [-0.4, -0.2) is 11.8 Å². The summed E-state index contributed by atoms with van der Waals surface area (Å²) in [5.41, 5.74) is 3.59. The molecule has 102 valence electrons. The van der Waals surface area contributed by atoms with Gasteiger partial charge in [0.25, 0.3) is 5.91 Å². The average molecular weight is 324 g/mol. The second-order valence-corrected chi connectivity index (χ2v) is 6.60. The molecule has 0 unspecified atom stereocenters. The molecule has 20 heavy (non-hydrogen) atoms. The van der Waals surface area contributed by atoms with E-state index in [1.54, 1.807) is 0 Å². The molecule has 0 fully saturated rings. The number of carbonyl (C=O) groups is 1. The third kappa shape index (κ3) is 2.62. The van der Waals surface area contributed by atoms with Crippen molar-refractivity contribution in [3.05, 3.63) is 50.7 Å². The Labute approximate surface area is 131 Å². The maximum Gasteiger partial charge on any atom is 0.256 e. The quantitative estimate of drug-likeness (QED) is 0.645. The normalized spacial score (nSPS) is 15.5. The van der Waals surface area contributed by atoms with Crippen LogP contribution in [0.2, 0.25) is 4.34 Å². The van der Waals surface area contributed by atoms with Gasteiger partial charge in [-0.1, -0.05) is 17.7 Å². The minimum Gasteiger partial charge on any atom is -0.321 e. The molecule has 2 heterocycles. The Bertz CT molecular complexity index is 706. The van der Waals surface area contributed by atoms with Gasteiger partial charge in [-0.2, -0.15) is 0 Å². The van der Waals surface area contributed by atoms with Crippen molar-refractivity contribution in [2.75, 3.05) is 11.2 Å². The van der Waals surface area contributed by atoms with E-state index in [0.29, 0.717) is 15.8 Å². The molecular weight excluding hydrogens is 313 g/mol. The predicted molar refractivity (Wildman–Crippen MR) is 86.7 cm³/mol. The molecule has 2 aromatic rings. The molecule has 0 saturated carbocycles. The van der Waals surface area contributed by atoms with Crippen LogP contribution in [0.1, 0.15) is 16.0 Å². The highest BCUT2D eigenvalue weighted by molar-refractivity contribution is 7.17. The number of aryl methyl sites for hydroxylation is 1. The molecule has 1 N–H and O–H groups in total. The molecule has 1 aliphatic heterocycles. The first kappa shape index (κ1) is 13.7. The van der Waals surface area contributed by atoms with Crippen molar-refractivity contribution in [2.24, 2.45) is 0 Å². The van der Waals surface area contributed by atoms with Gasteiger partial charge in [0.05, 0.1) is 9.91 Å². The van der Waals surface area contributed by atoms with Gasteiger partial charge in [0, 0.05) is 22.0 Å². The number of thiophene rings is 1. The molecule has 1 aliphatic rings. The molecule has 1 amide bonds. The highest BCUT2D eigenvalue weighted by atomic mass is 35.5. The number of hydrogen-bond acceptors (Lipinski definition) is 2. The van der Waals surface area contributed by atoms with E-state index < -0.39 is 0 Å². The number of nitrogens with one attached hydrogen (secondary N) is 1. The third-order valence-corrected chi connectivity index (χ3v) is 4.50. The molecule has 1 aromatic carbocycles. The van der Waals surface area contributed by atoms with E-state index in [9.17, 15) is 4.79 Å². The van der Waals surface area contributed by atoms with Crippen molar-refractivity contribution < 1.29 is 4.79 Å². The summed E-state index contributed by atoms with van der Waals surface area (Å²) >= 11 is 13.2. The smallest absolute Gasteiger partial charge is 0.256 e. The zero-order valence-electron chi connectivity index (χ0n) is 10.5. The number of anilines is 1. The number of carbonyl (C=O) groups excluding carboxylic acids is 1. The highest BCUT2D eigenvalue weighted by Gasteiger charge is 2.24. The number of benzene rings is 1. The van der Waals surface area contributed by atoms with Crippen molar-refractivity contribution >= 4 is 57.8 Å². The van der Waals surface area contributed by atoms with Crippen LogP contribution in [0.5, 0.6) is 0 Å². The van der Waals surface area contributed by atoms with Crippen molar-refractivity contribution in [2.45, 2.75) is 6.42 Å². The average Bonchev–Trinajstić information content (AvgIpc) is 2.96. The van der Waals surface area contributed by atoms with Crippen molar-refractivity contribution in [1.29, 1.82) is 0 Å². The van der Waals surface area contributed by atoms with Gasteiger partial charge in [-0.25, -0.2) is 0 Å². The Morgan fingerprint density at radius 3 is 2.80 bits per heavy atom. The molecule has 0 atom stereocenters. The Morgan fingerprint density at radius 2 is 2.10 bits per heavy atom. The zero-order chi connectivity index (χ0) is 14.1. The highest BCUT2D eigenvalue weighted by Crippen LogP contribution is 2.35. The Morgan fingerprint density at radius 1 is 1.25 bits per heavy atom. The Balaban J connectivity index is 2.03. The molecule has 0 saturated heterocycles. The summed E-state index contributed by atoms with van der Waals surface area (Å²) in [4.78, 5) is 13.0. The standard InChI is InChI=1S/C15H11Cl2NOS/c16-6-5-9-1-3-13-11(7-9)12(15(19)18-13)8-10-2-4-14(17)20-10/h1-4,7-8H,5-6H2,(H,18,19). The first-order valence-electron chi connectivity index (χ1n) is 6.15. The van der Waals surface area contributed by atoms with Gasteiger partial charge in [-0.15, -0.1) is 22.9 Å². The lowest BCUT2D eigenvalue weighted by molar-refractivity contribution is -0.110. The van der Waals surface area contributed by atoms with Gasteiger partial charge in [0.1, 0.15) is 0 Å². The maximum atomic E-state index is 12.1. The van der Waals surface area contributed by atoms with E-state index in [-0.39, 0.29) is 5.91 Å². The van der Waals surface area contributed by atoms with E-state index in [4.69, 9.17) is 23.2 Å². The van der Waals surface area contributed by atoms with Crippen molar-refractivity contribution in [1.82, 2.24) is 0 Å². The van der Waals surface area contributed by atoms with E-state index >= 15 is 0 Å². The minimum absolute atomic E-state index is 0.0763. The van der Waals surface area contributed by atoms with Crippen LogP contribution in [0, 0.1) is 0 Å². The fraction of sp³-hybridized carbons (Fsp3) is 0.133. The van der Waals surface area contributed by atoms with Crippen LogP contribution in [0.4, 0.5) is 5.69 Å². The number of hydrogen-bond donors (Lipinski definition) is 1. The number of fused-ring (bicyclic) bond motifs is 1. The summed E-state index contributed by atoms with van der Waals surface area (Å²) in [7, 11) is 0. The molecule has 3 rings (SSSR count). The Kier molecular flexibility index (Phi) is 3.83. The van der Waals surface area contributed by atoms with Crippen LogP contribution in [0.15, 0.2) is 30.3 Å². The molecule has 0 bridgehead atoms. The maximum absolute atomic E-state index is 12.1. The molecule has 0 radical (unpaired) electrons. The van der Waals surface area contributed by atoms with Crippen LogP contribution in [-0.2, 0) is 11.2 Å². The summed E-state index contributed by atoms with van der Waals surface area (Å²) in [6, 6.07) is 9.69. The molecular formula is C15H11Cl2NOS. The molecule has 5 heteroatoms. The molecule has 1 aromatic heterocycles. The molecule has 2 nitrogen and oxygen atoms in total. The molecule has 0 spiro atoms. The van der Waals surface area contributed by atoms with Crippen LogP contribution < -0.4 is 5.32 Å². The summed E-state index contributed by atoms with van der Waals surface area (Å²) < 4.78 is 0.714. The van der Waals surface area contributed by atoms with E-state index in [1.165, 1.54) is 11.3 Å². The monoisotopic (exact) mass is 323 g/mol. The summed E-state index contributed by atoms with van der Waals surface area (Å²) in [5.74, 6) is 0.493. The predicted octanol–water partition coefficient (Wildman–Crippen LogP) is 4.68. The lowest BCUT2D eigenvalue weighted by Crippen LogP contribution is -2.03. The number of rotatable bonds is 3. The van der Waals surface area contributed by atoms with Gasteiger partial charge in [-0.05, 0) is 42.3 Å². The van der Waals surface area contributed by atoms with Gasteiger partial charge < -0.3 is 5.32 Å². The fourth-order valence-electron chi connectivity index (χ4n) is 2.19. The first-order valence-corrected chi connectivity index (χ1v) is 7.88. The van der Waals surface area contributed by atoms with E-state index in [0.717, 1.165) is 28.1 Å². The molecule has 0 aliphatic carbocycles. The number of amides is 1. The summed E-state index contributed by atoms with van der Waals surface area (Å²) in [5, 5.41) is 2.88. The third-order valence-electron chi connectivity index (χ3n) is 3.13. The second-order valence-electron chi connectivity index (χ2n) is 4.47. The number of halogens is 2. The summed E-state index contributed by atoms with van der Waals surface area (Å²) in [6.45, 7) is 0. The van der Waals surface area contributed by atoms with E-state index in [1.807, 2.05) is 36.4 Å². The van der Waals surface area contributed by atoms with Crippen LogP contribution in [0.25, 0.3) is 11.6 Å². The Hall–Kier alpha value is -1.29. The first-order chi connectivity index (χ1) is 9.67. The van der Waals surface area contributed by atoms with Gasteiger partial charge in [-0.3, -0.25) is 4.79 Å². The van der Waals surface area contributed by atoms with Gasteiger partial charge in [0.2, 0.25) is 0 Å². The number of alkyl halides is 1.